The highest BCUT2D eigenvalue weighted by Gasteiger charge is 2.34. The summed E-state index contributed by atoms with van der Waals surface area (Å²) in [6.07, 6.45) is 1.54. The summed E-state index contributed by atoms with van der Waals surface area (Å²) >= 11 is 0. The molecule has 4 N–H and O–H groups in total. The van der Waals surface area contributed by atoms with Crippen LogP contribution in [-0.2, 0) is 0 Å². The number of nitrogens with two attached hydrogens (primary N) is 1. The Labute approximate surface area is 93.7 Å². The largest absolute Gasteiger partial charge is 0.478 e. The number of aliphatic hydroxyl groups excluding tert-OH is 1. The molecule has 1 aliphatic rings. The predicted octanol–water partition coefficient (Wildman–Crippen LogP) is 1.16. The number of carbonyl (C=O) groups is 1. The Hall–Kier alpha value is -1.39. The molecule has 4 heteroatoms. The molecule has 1 aromatic carbocycles. The standard InChI is InChI=1S/C12H15NO3/c13-10(11(14)8-3-4-8)7-1-5-9(6-2-7)12(15)16/h1-2,5-6,8,10-11,14H,3-4,13H2,(H,15,16)/t10-,11+/m1/s1. The molecule has 1 aliphatic carbocycles. The highest BCUT2D eigenvalue weighted by atomic mass is 16.4. The van der Waals surface area contributed by atoms with Gasteiger partial charge in [0.15, 0.2) is 0 Å². The maximum absolute atomic E-state index is 10.7. The zero-order valence-electron chi connectivity index (χ0n) is 8.84. The Morgan fingerprint density at radius 1 is 1.31 bits per heavy atom. The van der Waals surface area contributed by atoms with Gasteiger partial charge in [0, 0.05) is 0 Å². The highest BCUT2D eigenvalue weighted by molar-refractivity contribution is 5.87. The summed E-state index contributed by atoms with van der Waals surface area (Å²) in [5.41, 5.74) is 6.92. The maximum Gasteiger partial charge on any atom is 0.335 e. The fourth-order valence-corrected chi connectivity index (χ4v) is 1.78. The number of aromatic carboxylic acids is 1. The van der Waals surface area contributed by atoms with E-state index in [9.17, 15) is 9.90 Å². The van der Waals surface area contributed by atoms with Crippen molar-refractivity contribution in [2.24, 2.45) is 11.7 Å². The highest BCUT2D eigenvalue weighted by Crippen LogP contribution is 2.37. The number of hydrogen-bond donors (Lipinski definition) is 3. The van der Waals surface area contributed by atoms with Crippen molar-refractivity contribution < 1.29 is 15.0 Å². The van der Waals surface area contributed by atoms with Crippen LogP contribution in [0.5, 0.6) is 0 Å². The number of benzene rings is 1. The number of rotatable bonds is 4. The summed E-state index contributed by atoms with van der Waals surface area (Å²) in [6.45, 7) is 0. The molecule has 0 radical (unpaired) electrons. The van der Waals surface area contributed by atoms with E-state index in [1.807, 2.05) is 0 Å². The Bertz CT molecular complexity index is 384. The molecule has 1 fully saturated rings. The molecule has 0 spiro atoms. The van der Waals surface area contributed by atoms with E-state index in [0.717, 1.165) is 18.4 Å². The zero-order chi connectivity index (χ0) is 11.7. The van der Waals surface area contributed by atoms with Gasteiger partial charge in [-0.3, -0.25) is 0 Å². The Morgan fingerprint density at radius 2 is 1.88 bits per heavy atom. The first-order valence-corrected chi connectivity index (χ1v) is 5.36. The molecule has 1 saturated carbocycles. The summed E-state index contributed by atoms with van der Waals surface area (Å²) in [7, 11) is 0. The third-order valence-corrected chi connectivity index (χ3v) is 3.02. The van der Waals surface area contributed by atoms with Crippen LogP contribution in [0, 0.1) is 5.92 Å². The molecule has 0 unspecified atom stereocenters. The topological polar surface area (TPSA) is 83.6 Å². The Balaban J connectivity index is 2.11. The quantitative estimate of drug-likeness (QED) is 0.712. The molecule has 0 aromatic heterocycles. The second kappa shape index (κ2) is 4.23. The van der Waals surface area contributed by atoms with Crippen molar-refractivity contribution in [2.75, 3.05) is 0 Å². The summed E-state index contributed by atoms with van der Waals surface area (Å²) in [5.74, 6) is -0.642. The summed E-state index contributed by atoms with van der Waals surface area (Å²) in [5, 5.41) is 18.6. The number of carboxylic acid groups (broad SMARTS) is 1. The van der Waals surface area contributed by atoms with Gasteiger partial charge in [0.05, 0.1) is 17.7 Å². The van der Waals surface area contributed by atoms with E-state index in [1.54, 1.807) is 12.1 Å². The predicted molar refractivity (Wildman–Crippen MR) is 59.1 cm³/mol. The van der Waals surface area contributed by atoms with Crippen molar-refractivity contribution in [1.82, 2.24) is 0 Å². The first-order chi connectivity index (χ1) is 7.59. The van der Waals surface area contributed by atoms with Gasteiger partial charge in [-0.1, -0.05) is 12.1 Å². The summed E-state index contributed by atoms with van der Waals surface area (Å²) in [4.78, 5) is 10.7. The molecule has 0 heterocycles. The van der Waals surface area contributed by atoms with Crippen LogP contribution in [0.25, 0.3) is 0 Å². The average Bonchev–Trinajstić information content (AvgIpc) is 3.11. The molecule has 0 aliphatic heterocycles. The van der Waals surface area contributed by atoms with Crippen LogP contribution in [0.3, 0.4) is 0 Å². The van der Waals surface area contributed by atoms with Gasteiger partial charge in [-0.25, -0.2) is 4.79 Å². The van der Waals surface area contributed by atoms with Crippen molar-refractivity contribution in [3.8, 4) is 0 Å². The summed E-state index contributed by atoms with van der Waals surface area (Å²) < 4.78 is 0. The lowest BCUT2D eigenvalue weighted by atomic mass is 9.98. The number of hydrogen-bond acceptors (Lipinski definition) is 3. The molecule has 0 bridgehead atoms. The minimum absolute atomic E-state index is 0.233. The smallest absolute Gasteiger partial charge is 0.335 e. The van der Waals surface area contributed by atoms with E-state index in [2.05, 4.69) is 0 Å². The normalized spacial score (nSPS) is 19.1. The zero-order valence-corrected chi connectivity index (χ0v) is 8.84. The molecule has 86 valence electrons. The van der Waals surface area contributed by atoms with E-state index in [4.69, 9.17) is 10.8 Å². The van der Waals surface area contributed by atoms with Crippen molar-refractivity contribution in [3.05, 3.63) is 35.4 Å². The number of carboxylic acids is 1. The maximum atomic E-state index is 10.7. The second-order valence-corrected chi connectivity index (χ2v) is 4.28. The minimum Gasteiger partial charge on any atom is -0.478 e. The molecular formula is C12H15NO3. The van der Waals surface area contributed by atoms with Gasteiger partial charge < -0.3 is 15.9 Å². The molecule has 1 aromatic rings. The van der Waals surface area contributed by atoms with Crippen LogP contribution in [0.15, 0.2) is 24.3 Å². The molecular weight excluding hydrogens is 206 g/mol. The lowest BCUT2D eigenvalue weighted by Crippen LogP contribution is -2.27. The molecule has 4 nitrogen and oxygen atoms in total. The van der Waals surface area contributed by atoms with E-state index in [1.165, 1.54) is 12.1 Å². The molecule has 0 amide bonds. The van der Waals surface area contributed by atoms with Crippen LogP contribution in [-0.4, -0.2) is 22.3 Å². The van der Waals surface area contributed by atoms with Crippen molar-refractivity contribution >= 4 is 5.97 Å². The van der Waals surface area contributed by atoms with Gasteiger partial charge >= 0.3 is 5.97 Å². The second-order valence-electron chi connectivity index (χ2n) is 4.28. The fourth-order valence-electron chi connectivity index (χ4n) is 1.78. The van der Waals surface area contributed by atoms with Crippen LogP contribution in [0.1, 0.15) is 34.8 Å². The van der Waals surface area contributed by atoms with Crippen LogP contribution in [0.4, 0.5) is 0 Å². The molecule has 16 heavy (non-hydrogen) atoms. The Morgan fingerprint density at radius 3 is 2.31 bits per heavy atom. The molecule has 0 saturated heterocycles. The van der Waals surface area contributed by atoms with Crippen molar-refractivity contribution in [2.45, 2.75) is 25.0 Å². The van der Waals surface area contributed by atoms with E-state index in [-0.39, 0.29) is 5.56 Å². The van der Waals surface area contributed by atoms with Crippen LogP contribution < -0.4 is 5.73 Å². The first-order valence-electron chi connectivity index (χ1n) is 5.36. The monoisotopic (exact) mass is 221 g/mol. The average molecular weight is 221 g/mol. The van der Waals surface area contributed by atoms with Gasteiger partial charge in [-0.15, -0.1) is 0 Å². The fraction of sp³-hybridized carbons (Fsp3) is 0.417. The van der Waals surface area contributed by atoms with Gasteiger partial charge in [0.2, 0.25) is 0 Å². The van der Waals surface area contributed by atoms with E-state index in [0.29, 0.717) is 5.92 Å². The summed E-state index contributed by atoms with van der Waals surface area (Å²) in [6, 6.07) is 5.93. The van der Waals surface area contributed by atoms with Crippen LogP contribution >= 0.6 is 0 Å². The third-order valence-electron chi connectivity index (χ3n) is 3.02. The molecule has 2 atom stereocenters. The van der Waals surface area contributed by atoms with Crippen molar-refractivity contribution in [1.29, 1.82) is 0 Å². The minimum atomic E-state index is -0.956. The third kappa shape index (κ3) is 2.23. The lowest BCUT2D eigenvalue weighted by molar-refractivity contribution is 0.0697. The molecule has 2 rings (SSSR count). The number of aliphatic hydroxyl groups is 1. The van der Waals surface area contributed by atoms with Gasteiger partial charge in [-0.05, 0) is 36.5 Å². The van der Waals surface area contributed by atoms with Gasteiger partial charge in [0.25, 0.3) is 0 Å². The van der Waals surface area contributed by atoms with Crippen molar-refractivity contribution in [3.63, 3.8) is 0 Å². The van der Waals surface area contributed by atoms with Crippen LogP contribution in [0.2, 0.25) is 0 Å². The van der Waals surface area contributed by atoms with E-state index < -0.39 is 18.1 Å². The van der Waals surface area contributed by atoms with Gasteiger partial charge in [0.1, 0.15) is 0 Å². The Kier molecular flexibility index (Phi) is 2.94. The van der Waals surface area contributed by atoms with Gasteiger partial charge in [-0.2, -0.15) is 0 Å². The lowest BCUT2D eigenvalue weighted by Gasteiger charge is -2.18. The van der Waals surface area contributed by atoms with E-state index >= 15 is 0 Å². The first kappa shape index (κ1) is 11.1. The SMILES string of the molecule is N[C@H](c1ccc(C(=O)O)cc1)[C@@H](O)C1CC1.